The van der Waals surface area contributed by atoms with Crippen molar-refractivity contribution in [2.75, 3.05) is 23.9 Å². The van der Waals surface area contributed by atoms with Crippen molar-refractivity contribution in [1.29, 1.82) is 0 Å². The molecule has 6 heteroatoms. The smallest absolute Gasteiger partial charge is 0.261 e. The maximum Gasteiger partial charge on any atom is 0.261 e. The van der Waals surface area contributed by atoms with Crippen LogP contribution in [0.1, 0.15) is 21.6 Å². The van der Waals surface area contributed by atoms with Gasteiger partial charge in [0.05, 0.1) is 31.2 Å². The van der Waals surface area contributed by atoms with E-state index >= 15 is 0 Å². The van der Waals surface area contributed by atoms with Crippen LogP contribution in [-0.4, -0.2) is 24.5 Å². The number of amides is 1. The standard InChI is InChI=1S/C20H19N3O3/c1-25-19-4-2-3-17(22-19)12-21-16-5-6-18-14(11-16)7-9-23(18)20(24)15-8-10-26-13-15/h2-6,8,10-11,13,21H,7,9,12H2,1H3. The van der Waals surface area contributed by atoms with Crippen molar-refractivity contribution in [1.82, 2.24) is 4.98 Å². The summed E-state index contributed by atoms with van der Waals surface area (Å²) in [5.41, 5.74) is 4.60. The van der Waals surface area contributed by atoms with Crippen LogP contribution in [0.4, 0.5) is 11.4 Å². The molecule has 0 aliphatic carbocycles. The Kier molecular flexibility index (Phi) is 4.31. The zero-order valence-corrected chi connectivity index (χ0v) is 14.4. The third-order valence-electron chi connectivity index (χ3n) is 4.45. The predicted molar refractivity (Wildman–Crippen MR) is 98.6 cm³/mol. The highest BCUT2D eigenvalue weighted by Gasteiger charge is 2.26. The summed E-state index contributed by atoms with van der Waals surface area (Å²) in [5, 5.41) is 3.38. The molecule has 1 aliphatic heterocycles. The molecule has 3 heterocycles. The van der Waals surface area contributed by atoms with Crippen molar-refractivity contribution in [2.45, 2.75) is 13.0 Å². The van der Waals surface area contributed by atoms with E-state index in [0.717, 1.165) is 29.1 Å². The molecular formula is C20H19N3O3. The second-order valence-electron chi connectivity index (χ2n) is 6.09. The van der Waals surface area contributed by atoms with Gasteiger partial charge in [-0.05, 0) is 42.3 Å². The minimum absolute atomic E-state index is 0.0289. The van der Waals surface area contributed by atoms with Crippen LogP contribution < -0.4 is 15.0 Å². The summed E-state index contributed by atoms with van der Waals surface area (Å²) in [5.74, 6) is 0.574. The number of hydrogen-bond donors (Lipinski definition) is 1. The minimum atomic E-state index is -0.0289. The van der Waals surface area contributed by atoms with E-state index in [-0.39, 0.29) is 5.91 Å². The molecule has 26 heavy (non-hydrogen) atoms. The summed E-state index contributed by atoms with van der Waals surface area (Å²) >= 11 is 0. The van der Waals surface area contributed by atoms with Gasteiger partial charge in [0.25, 0.3) is 5.91 Å². The molecule has 0 fully saturated rings. The van der Waals surface area contributed by atoms with Gasteiger partial charge in [-0.15, -0.1) is 0 Å². The fraction of sp³-hybridized carbons (Fsp3) is 0.200. The number of hydrogen-bond acceptors (Lipinski definition) is 5. The second kappa shape index (κ2) is 6.92. The molecule has 0 saturated carbocycles. The SMILES string of the molecule is COc1cccc(CNc2ccc3c(c2)CCN3C(=O)c2ccoc2)n1. The summed E-state index contributed by atoms with van der Waals surface area (Å²) in [6.45, 7) is 1.29. The molecule has 1 amide bonds. The average Bonchev–Trinajstić information content (AvgIpc) is 3.35. The largest absolute Gasteiger partial charge is 0.481 e. The predicted octanol–water partition coefficient (Wildman–Crippen LogP) is 3.50. The van der Waals surface area contributed by atoms with Crippen LogP contribution in [0.5, 0.6) is 5.88 Å². The van der Waals surface area contributed by atoms with E-state index in [1.54, 1.807) is 18.1 Å². The quantitative estimate of drug-likeness (QED) is 0.764. The number of anilines is 2. The number of nitrogens with zero attached hydrogens (tertiary/aromatic N) is 2. The first-order valence-electron chi connectivity index (χ1n) is 8.45. The van der Waals surface area contributed by atoms with Gasteiger partial charge in [0.2, 0.25) is 5.88 Å². The molecule has 3 aromatic rings. The number of benzene rings is 1. The normalized spacial score (nSPS) is 12.7. The molecule has 0 atom stereocenters. The number of methoxy groups -OCH3 is 1. The third-order valence-corrected chi connectivity index (χ3v) is 4.45. The van der Waals surface area contributed by atoms with E-state index in [2.05, 4.69) is 16.4 Å². The number of carbonyl (C=O) groups is 1. The van der Waals surface area contributed by atoms with Crippen molar-refractivity contribution >= 4 is 17.3 Å². The molecule has 1 aliphatic rings. The number of rotatable bonds is 5. The molecule has 4 rings (SSSR count). The van der Waals surface area contributed by atoms with Crippen LogP contribution in [0.2, 0.25) is 0 Å². The maximum absolute atomic E-state index is 12.6. The maximum atomic E-state index is 12.6. The van der Waals surface area contributed by atoms with Crippen molar-refractivity contribution in [3.05, 3.63) is 71.8 Å². The van der Waals surface area contributed by atoms with Gasteiger partial charge < -0.3 is 19.4 Å². The van der Waals surface area contributed by atoms with E-state index in [4.69, 9.17) is 9.15 Å². The molecule has 6 nitrogen and oxygen atoms in total. The van der Waals surface area contributed by atoms with E-state index in [0.29, 0.717) is 24.5 Å². The Morgan fingerprint density at radius 1 is 1.31 bits per heavy atom. The van der Waals surface area contributed by atoms with E-state index < -0.39 is 0 Å². The number of aromatic nitrogens is 1. The van der Waals surface area contributed by atoms with Crippen molar-refractivity contribution in [3.63, 3.8) is 0 Å². The van der Waals surface area contributed by atoms with Crippen LogP contribution >= 0.6 is 0 Å². The van der Waals surface area contributed by atoms with Crippen molar-refractivity contribution in [2.24, 2.45) is 0 Å². The van der Waals surface area contributed by atoms with Gasteiger partial charge in [0.1, 0.15) is 6.26 Å². The molecular weight excluding hydrogens is 330 g/mol. The zero-order valence-electron chi connectivity index (χ0n) is 14.4. The van der Waals surface area contributed by atoms with Gasteiger partial charge in [-0.25, -0.2) is 4.98 Å². The Morgan fingerprint density at radius 2 is 2.23 bits per heavy atom. The molecule has 132 valence electrons. The molecule has 0 unspecified atom stereocenters. The molecule has 0 bridgehead atoms. The third kappa shape index (κ3) is 3.13. The Hall–Kier alpha value is -3.28. The topological polar surface area (TPSA) is 67.6 Å². The van der Waals surface area contributed by atoms with Crippen molar-refractivity contribution < 1.29 is 13.9 Å². The fourth-order valence-electron chi connectivity index (χ4n) is 3.13. The van der Waals surface area contributed by atoms with Gasteiger partial charge in [-0.3, -0.25) is 4.79 Å². The fourth-order valence-corrected chi connectivity index (χ4v) is 3.13. The highest BCUT2D eigenvalue weighted by molar-refractivity contribution is 6.07. The summed E-state index contributed by atoms with van der Waals surface area (Å²) in [4.78, 5) is 18.8. The van der Waals surface area contributed by atoms with Gasteiger partial charge in [0.15, 0.2) is 0 Å². The number of carbonyl (C=O) groups excluding carboxylic acids is 1. The number of fused-ring (bicyclic) bond motifs is 1. The number of pyridine rings is 1. The number of nitrogens with one attached hydrogen (secondary N) is 1. The van der Waals surface area contributed by atoms with Gasteiger partial charge in [-0.2, -0.15) is 0 Å². The Bertz CT molecular complexity index is 922. The van der Waals surface area contributed by atoms with Crippen LogP contribution in [0.25, 0.3) is 0 Å². The molecule has 2 aromatic heterocycles. The van der Waals surface area contributed by atoms with Gasteiger partial charge >= 0.3 is 0 Å². The number of ether oxygens (including phenoxy) is 1. The Labute approximate surface area is 151 Å². The number of furan rings is 1. The van der Waals surface area contributed by atoms with Gasteiger partial charge in [-0.1, -0.05) is 6.07 Å². The van der Waals surface area contributed by atoms with Crippen molar-refractivity contribution in [3.8, 4) is 5.88 Å². The highest BCUT2D eigenvalue weighted by atomic mass is 16.5. The molecule has 1 N–H and O–H groups in total. The Balaban J connectivity index is 1.47. The van der Waals surface area contributed by atoms with E-state index in [9.17, 15) is 4.79 Å². The van der Waals surface area contributed by atoms with Crippen LogP contribution in [0.15, 0.2) is 59.4 Å². The summed E-state index contributed by atoms with van der Waals surface area (Å²) in [7, 11) is 1.61. The van der Waals surface area contributed by atoms with Crippen LogP contribution in [0.3, 0.4) is 0 Å². The molecule has 0 saturated heterocycles. The van der Waals surface area contributed by atoms with Crippen LogP contribution in [0, 0.1) is 0 Å². The summed E-state index contributed by atoms with van der Waals surface area (Å²) < 4.78 is 10.2. The molecule has 0 spiro atoms. The van der Waals surface area contributed by atoms with Gasteiger partial charge in [0, 0.05) is 24.0 Å². The first-order valence-corrected chi connectivity index (χ1v) is 8.45. The lowest BCUT2D eigenvalue weighted by atomic mass is 10.1. The monoisotopic (exact) mass is 349 g/mol. The Morgan fingerprint density at radius 3 is 3.04 bits per heavy atom. The lowest BCUT2D eigenvalue weighted by molar-refractivity contribution is 0.0989. The zero-order chi connectivity index (χ0) is 17.9. The lowest BCUT2D eigenvalue weighted by Crippen LogP contribution is -2.28. The first-order chi connectivity index (χ1) is 12.7. The van der Waals surface area contributed by atoms with Crippen LogP contribution in [-0.2, 0) is 13.0 Å². The lowest BCUT2D eigenvalue weighted by Gasteiger charge is -2.17. The summed E-state index contributed by atoms with van der Waals surface area (Å²) in [6, 6.07) is 13.5. The van der Waals surface area contributed by atoms with E-state index in [1.807, 2.05) is 30.3 Å². The molecule has 1 aromatic carbocycles. The van der Waals surface area contributed by atoms with E-state index in [1.165, 1.54) is 12.5 Å². The summed E-state index contributed by atoms with van der Waals surface area (Å²) in [6.07, 6.45) is 3.84. The highest BCUT2D eigenvalue weighted by Crippen LogP contribution is 2.31. The second-order valence-corrected chi connectivity index (χ2v) is 6.09. The molecule has 0 radical (unpaired) electrons. The average molecular weight is 349 g/mol. The minimum Gasteiger partial charge on any atom is -0.481 e. The first kappa shape index (κ1) is 16.2.